The Bertz CT molecular complexity index is 400. The van der Waals surface area contributed by atoms with E-state index in [0.29, 0.717) is 25.8 Å². The van der Waals surface area contributed by atoms with E-state index in [1.165, 1.54) is 4.90 Å². The van der Waals surface area contributed by atoms with Crippen LogP contribution in [0.1, 0.15) is 47.0 Å². The Morgan fingerprint density at radius 3 is 2.45 bits per heavy atom. The van der Waals surface area contributed by atoms with Gasteiger partial charge < -0.3 is 15.3 Å². The van der Waals surface area contributed by atoms with Crippen LogP contribution in [-0.2, 0) is 14.4 Å². The van der Waals surface area contributed by atoms with E-state index in [-0.39, 0.29) is 17.2 Å². The van der Waals surface area contributed by atoms with Crippen molar-refractivity contribution < 1.29 is 19.5 Å². The van der Waals surface area contributed by atoms with E-state index in [0.717, 1.165) is 0 Å². The first-order valence-electron chi connectivity index (χ1n) is 6.94. The van der Waals surface area contributed by atoms with Crippen molar-refractivity contribution in [3.05, 3.63) is 0 Å². The molecule has 1 fully saturated rings. The molecule has 2 atom stereocenters. The SMILES string of the molecule is CC(NC(=O)CC(C)(C)C)C(=O)N1CCCC1C(=O)O. The van der Waals surface area contributed by atoms with Crippen LogP contribution in [-0.4, -0.2) is 46.4 Å². The van der Waals surface area contributed by atoms with Crippen molar-refractivity contribution in [2.24, 2.45) is 5.41 Å². The molecule has 1 rings (SSSR count). The topological polar surface area (TPSA) is 86.7 Å². The third-order valence-electron chi connectivity index (χ3n) is 3.26. The molecule has 2 amide bonds. The summed E-state index contributed by atoms with van der Waals surface area (Å²) in [4.78, 5) is 36.4. The van der Waals surface area contributed by atoms with E-state index in [1.54, 1.807) is 6.92 Å². The molecule has 0 radical (unpaired) electrons. The van der Waals surface area contributed by atoms with Crippen molar-refractivity contribution in [2.75, 3.05) is 6.54 Å². The minimum absolute atomic E-state index is 0.149. The summed E-state index contributed by atoms with van der Waals surface area (Å²) in [5.41, 5.74) is -0.149. The van der Waals surface area contributed by atoms with E-state index >= 15 is 0 Å². The van der Waals surface area contributed by atoms with Crippen LogP contribution in [0.5, 0.6) is 0 Å². The van der Waals surface area contributed by atoms with Crippen molar-refractivity contribution in [3.8, 4) is 0 Å². The number of amides is 2. The van der Waals surface area contributed by atoms with Gasteiger partial charge in [-0.05, 0) is 25.2 Å². The van der Waals surface area contributed by atoms with Gasteiger partial charge in [-0.25, -0.2) is 4.79 Å². The highest BCUT2D eigenvalue weighted by Crippen LogP contribution is 2.20. The fourth-order valence-electron chi connectivity index (χ4n) is 2.37. The molecular weight excluding hydrogens is 260 g/mol. The Morgan fingerprint density at radius 1 is 1.35 bits per heavy atom. The Balaban J connectivity index is 2.59. The molecule has 1 aliphatic rings. The highest BCUT2D eigenvalue weighted by Gasteiger charge is 2.36. The molecule has 0 spiro atoms. The number of carboxylic acid groups (broad SMARTS) is 1. The molecule has 0 aromatic rings. The first kappa shape index (κ1) is 16.5. The maximum Gasteiger partial charge on any atom is 0.326 e. The van der Waals surface area contributed by atoms with Gasteiger partial charge >= 0.3 is 5.97 Å². The Hall–Kier alpha value is -1.59. The first-order chi connectivity index (χ1) is 9.11. The maximum absolute atomic E-state index is 12.2. The minimum Gasteiger partial charge on any atom is -0.480 e. The van der Waals surface area contributed by atoms with Crippen molar-refractivity contribution in [1.29, 1.82) is 0 Å². The van der Waals surface area contributed by atoms with Gasteiger partial charge in [0, 0.05) is 13.0 Å². The number of aliphatic carboxylic acids is 1. The number of nitrogens with one attached hydrogen (secondary N) is 1. The zero-order chi connectivity index (χ0) is 15.5. The molecule has 0 aromatic carbocycles. The number of rotatable bonds is 4. The van der Waals surface area contributed by atoms with Gasteiger partial charge in [0.15, 0.2) is 0 Å². The second-order valence-corrected chi connectivity index (χ2v) is 6.55. The minimum atomic E-state index is -0.982. The number of likely N-dealkylation sites (tertiary alicyclic amines) is 1. The highest BCUT2D eigenvalue weighted by molar-refractivity contribution is 5.90. The standard InChI is InChI=1S/C14H24N2O4/c1-9(15-11(17)8-14(2,3)4)12(18)16-7-5-6-10(16)13(19)20/h9-10H,5-8H2,1-4H3,(H,15,17)(H,19,20). The molecular formula is C14H24N2O4. The number of carboxylic acids is 1. The van der Waals surface area contributed by atoms with Crippen molar-refractivity contribution >= 4 is 17.8 Å². The quantitative estimate of drug-likeness (QED) is 0.806. The highest BCUT2D eigenvalue weighted by atomic mass is 16.4. The number of nitrogens with zero attached hydrogens (tertiary/aromatic N) is 1. The molecule has 6 heteroatoms. The van der Waals surface area contributed by atoms with Gasteiger partial charge in [-0.15, -0.1) is 0 Å². The van der Waals surface area contributed by atoms with Gasteiger partial charge in [0.2, 0.25) is 11.8 Å². The zero-order valence-electron chi connectivity index (χ0n) is 12.6. The molecule has 2 unspecified atom stereocenters. The molecule has 2 N–H and O–H groups in total. The molecule has 0 aromatic heterocycles. The lowest BCUT2D eigenvalue weighted by atomic mass is 9.92. The van der Waals surface area contributed by atoms with Crippen LogP contribution in [0, 0.1) is 5.41 Å². The lowest BCUT2D eigenvalue weighted by Gasteiger charge is -2.26. The summed E-state index contributed by atoms with van der Waals surface area (Å²) in [6.07, 6.45) is 1.49. The summed E-state index contributed by atoms with van der Waals surface area (Å²) < 4.78 is 0. The van der Waals surface area contributed by atoms with Gasteiger partial charge in [-0.2, -0.15) is 0 Å². The summed E-state index contributed by atoms with van der Waals surface area (Å²) in [6.45, 7) is 7.87. The van der Waals surface area contributed by atoms with E-state index in [2.05, 4.69) is 5.32 Å². The van der Waals surface area contributed by atoms with E-state index in [4.69, 9.17) is 5.11 Å². The lowest BCUT2D eigenvalue weighted by molar-refractivity contribution is -0.149. The van der Waals surface area contributed by atoms with Gasteiger partial charge in [0.1, 0.15) is 12.1 Å². The largest absolute Gasteiger partial charge is 0.480 e. The van der Waals surface area contributed by atoms with Gasteiger partial charge in [-0.3, -0.25) is 9.59 Å². The molecule has 0 bridgehead atoms. The fraction of sp³-hybridized carbons (Fsp3) is 0.786. The molecule has 6 nitrogen and oxygen atoms in total. The number of hydrogen-bond donors (Lipinski definition) is 2. The van der Waals surface area contributed by atoms with E-state index in [1.807, 2.05) is 20.8 Å². The molecule has 0 aliphatic carbocycles. The lowest BCUT2D eigenvalue weighted by Crippen LogP contribution is -2.50. The molecule has 1 heterocycles. The fourth-order valence-corrected chi connectivity index (χ4v) is 2.37. The molecule has 1 saturated heterocycles. The predicted octanol–water partition coefficient (Wildman–Crippen LogP) is 1.00. The van der Waals surface area contributed by atoms with Gasteiger partial charge in [0.05, 0.1) is 0 Å². The molecule has 114 valence electrons. The van der Waals surface area contributed by atoms with Crippen LogP contribution in [0.4, 0.5) is 0 Å². The Labute approximate surface area is 119 Å². The Morgan fingerprint density at radius 2 is 1.95 bits per heavy atom. The summed E-state index contributed by atoms with van der Waals surface area (Å²) in [6, 6.07) is -1.45. The number of carbonyl (C=O) groups is 3. The first-order valence-corrected chi connectivity index (χ1v) is 6.94. The maximum atomic E-state index is 12.2. The van der Waals surface area contributed by atoms with E-state index < -0.39 is 18.1 Å². The van der Waals surface area contributed by atoms with Gasteiger partial charge in [0.25, 0.3) is 0 Å². The number of carbonyl (C=O) groups excluding carboxylic acids is 2. The van der Waals surface area contributed by atoms with Crippen molar-refractivity contribution in [2.45, 2.75) is 59.0 Å². The van der Waals surface area contributed by atoms with E-state index in [9.17, 15) is 14.4 Å². The van der Waals surface area contributed by atoms with Crippen LogP contribution in [0.3, 0.4) is 0 Å². The van der Waals surface area contributed by atoms with Crippen LogP contribution in [0.2, 0.25) is 0 Å². The normalized spacial score (nSPS) is 20.6. The van der Waals surface area contributed by atoms with Crippen LogP contribution in [0.25, 0.3) is 0 Å². The monoisotopic (exact) mass is 284 g/mol. The average Bonchev–Trinajstić information content (AvgIpc) is 2.73. The Kier molecular flexibility index (Phi) is 5.14. The molecule has 20 heavy (non-hydrogen) atoms. The van der Waals surface area contributed by atoms with Crippen LogP contribution >= 0.6 is 0 Å². The molecule has 0 saturated carbocycles. The third-order valence-corrected chi connectivity index (χ3v) is 3.26. The summed E-state index contributed by atoms with van der Waals surface area (Å²) >= 11 is 0. The second-order valence-electron chi connectivity index (χ2n) is 6.55. The summed E-state index contributed by atoms with van der Waals surface area (Å²) in [5.74, 6) is -1.49. The van der Waals surface area contributed by atoms with Gasteiger partial charge in [-0.1, -0.05) is 20.8 Å². The second kappa shape index (κ2) is 6.24. The molecule has 1 aliphatic heterocycles. The number of hydrogen-bond acceptors (Lipinski definition) is 3. The zero-order valence-corrected chi connectivity index (χ0v) is 12.6. The van der Waals surface area contributed by atoms with Crippen LogP contribution in [0.15, 0.2) is 0 Å². The van der Waals surface area contributed by atoms with Crippen LogP contribution < -0.4 is 5.32 Å². The average molecular weight is 284 g/mol. The smallest absolute Gasteiger partial charge is 0.326 e. The van der Waals surface area contributed by atoms with Crippen molar-refractivity contribution in [3.63, 3.8) is 0 Å². The third kappa shape index (κ3) is 4.51. The summed E-state index contributed by atoms with van der Waals surface area (Å²) in [5, 5.41) is 11.7. The van der Waals surface area contributed by atoms with Crippen molar-refractivity contribution in [1.82, 2.24) is 10.2 Å². The predicted molar refractivity (Wildman–Crippen MR) is 74.0 cm³/mol. The summed E-state index contributed by atoms with van der Waals surface area (Å²) in [7, 11) is 0.